The van der Waals surface area contributed by atoms with Gasteiger partial charge in [0.25, 0.3) is 5.91 Å². The Morgan fingerprint density at radius 3 is 2.67 bits per heavy atom. The van der Waals surface area contributed by atoms with Crippen LogP contribution in [0.4, 0.5) is 5.69 Å². The zero-order valence-corrected chi connectivity index (χ0v) is 14.2. The molecular weight excluding hydrogens is 330 g/mol. The van der Waals surface area contributed by atoms with Gasteiger partial charge in [0.1, 0.15) is 5.75 Å². The number of carbonyl (C=O) groups is 1. The van der Waals surface area contributed by atoms with Crippen molar-refractivity contribution in [2.45, 2.75) is 6.42 Å². The number of phenolic OH excluding ortho intramolecular Hbond substituents is 1. The first-order valence-corrected chi connectivity index (χ1v) is 7.53. The molecule has 0 saturated heterocycles. The molecule has 5 nitrogen and oxygen atoms in total. The molecule has 24 heavy (non-hydrogen) atoms. The van der Waals surface area contributed by atoms with Crippen LogP contribution < -0.4 is 14.8 Å². The number of amides is 1. The normalized spacial score (nSPS) is 10.1. The Bertz CT molecular complexity index is 774. The molecule has 0 heterocycles. The maximum atomic E-state index is 12.5. The summed E-state index contributed by atoms with van der Waals surface area (Å²) in [5.41, 5.74) is 1.36. The van der Waals surface area contributed by atoms with Crippen molar-refractivity contribution in [3.63, 3.8) is 0 Å². The largest absolute Gasteiger partial charge is 0.506 e. The molecule has 0 aliphatic carbocycles. The summed E-state index contributed by atoms with van der Waals surface area (Å²) in [6.45, 7) is 3.71. The SMILES string of the molecule is C=CCc1cc(C(=O)Nc2cc(Cl)ccc2O)cc(OC)c1OC. The predicted molar refractivity (Wildman–Crippen MR) is 94.5 cm³/mol. The second-order valence-corrected chi connectivity index (χ2v) is 5.42. The highest BCUT2D eigenvalue weighted by Crippen LogP contribution is 2.34. The predicted octanol–water partition coefficient (Wildman–Crippen LogP) is 4.04. The highest BCUT2D eigenvalue weighted by Gasteiger charge is 2.16. The molecule has 2 N–H and O–H groups in total. The number of hydrogen-bond acceptors (Lipinski definition) is 4. The number of aromatic hydroxyl groups is 1. The minimum absolute atomic E-state index is 0.0699. The van der Waals surface area contributed by atoms with Gasteiger partial charge >= 0.3 is 0 Å². The molecule has 0 fully saturated rings. The third-order valence-electron chi connectivity index (χ3n) is 3.39. The summed E-state index contributed by atoms with van der Waals surface area (Å²) in [6.07, 6.45) is 2.23. The van der Waals surface area contributed by atoms with Gasteiger partial charge in [0, 0.05) is 16.1 Å². The first-order valence-electron chi connectivity index (χ1n) is 7.15. The lowest BCUT2D eigenvalue weighted by Crippen LogP contribution is -2.13. The van der Waals surface area contributed by atoms with Crippen molar-refractivity contribution in [2.75, 3.05) is 19.5 Å². The van der Waals surface area contributed by atoms with Crippen molar-refractivity contribution in [3.05, 3.63) is 59.1 Å². The summed E-state index contributed by atoms with van der Waals surface area (Å²) < 4.78 is 10.6. The van der Waals surface area contributed by atoms with Gasteiger partial charge in [-0.25, -0.2) is 0 Å². The van der Waals surface area contributed by atoms with Gasteiger partial charge in [-0.15, -0.1) is 6.58 Å². The molecule has 0 radical (unpaired) electrons. The van der Waals surface area contributed by atoms with Gasteiger partial charge in [-0.1, -0.05) is 17.7 Å². The van der Waals surface area contributed by atoms with Crippen LogP contribution in [-0.2, 0) is 6.42 Å². The minimum Gasteiger partial charge on any atom is -0.506 e. The van der Waals surface area contributed by atoms with Crippen LogP contribution in [0.25, 0.3) is 0 Å². The summed E-state index contributed by atoms with van der Waals surface area (Å²) in [4.78, 5) is 12.5. The standard InChI is InChI=1S/C18H18ClNO4/c1-4-5-11-8-12(9-16(23-2)17(11)24-3)18(22)20-14-10-13(19)6-7-15(14)21/h4,6-10,21H,1,5H2,2-3H3,(H,20,22). The van der Waals surface area contributed by atoms with Gasteiger partial charge in [-0.05, 0) is 36.8 Å². The molecule has 126 valence electrons. The Labute approximate surface area is 145 Å². The molecule has 0 spiro atoms. The van der Waals surface area contributed by atoms with E-state index >= 15 is 0 Å². The van der Waals surface area contributed by atoms with Crippen LogP contribution in [-0.4, -0.2) is 25.2 Å². The zero-order chi connectivity index (χ0) is 17.7. The average Bonchev–Trinajstić information content (AvgIpc) is 2.57. The Balaban J connectivity index is 2.40. The maximum Gasteiger partial charge on any atom is 0.255 e. The first-order chi connectivity index (χ1) is 11.5. The van der Waals surface area contributed by atoms with Crippen molar-refractivity contribution in [1.29, 1.82) is 0 Å². The van der Waals surface area contributed by atoms with E-state index in [0.29, 0.717) is 28.5 Å². The van der Waals surface area contributed by atoms with E-state index < -0.39 is 5.91 Å². The lowest BCUT2D eigenvalue weighted by molar-refractivity contribution is 0.102. The molecule has 0 aliphatic heterocycles. The van der Waals surface area contributed by atoms with Gasteiger partial charge in [-0.2, -0.15) is 0 Å². The zero-order valence-electron chi connectivity index (χ0n) is 13.4. The van der Waals surface area contributed by atoms with E-state index in [1.54, 1.807) is 18.2 Å². The molecule has 6 heteroatoms. The lowest BCUT2D eigenvalue weighted by atomic mass is 10.0. The van der Waals surface area contributed by atoms with Crippen LogP contribution in [0.15, 0.2) is 43.0 Å². The van der Waals surface area contributed by atoms with E-state index in [-0.39, 0.29) is 11.4 Å². The number of rotatable bonds is 6. The van der Waals surface area contributed by atoms with E-state index in [9.17, 15) is 9.90 Å². The molecule has 0 bridgehead atoms. The molecule has 2 aromatic rings. The topological polar surface area (TPSA) is 67.8 Å². The summed E-state index contributed by atoms with van der Waals surface area (Å²) >= 11 is 5.89. The van der Waals surface area contributed by atoms with Gasteiger partial charge in [0.05, 0.1) is 19.9 Å². The van der Waals surface area contributed by atoms with E-state index in [4.69, 9.17) is 21.1 Å². The summed E-state index contributed by atoms with van der Waals surface area (Å²) in [6, 6.07) is 7.68. The number of nitrogens with one attached hydrogen (secondary N) is 1. The van der Waals surface area contributed by atoms with Crippen LogP contribution in [0.2, 0.25) is 5.02 Å². The minimum atomic E-state index is -0.404. The molecule has 0 unspecified atom stereocenters. The fourth-order valence-electron chi connectivity index (χ4n) is 2.28. The van der Waals surface area contributed by atoms with Crippen LogP contribution in [0, 0.1) is 0 Å². The van der Waals surface area contributed by atoms with E-state index in [1.165, 1.54) is 32.4 Å². The van der Waals surface area contributed by atoms with Gasteiger partial charge in [0.15, 0.2) is 11.5 Å². The number of anilines is 1. The fourth-order valence-corrected chi connectivity index (χ4v) is 2.46. The van der Waals surface area contributed by atoms with E-state index in [2.05, 4.69) is 11.9 Å². The second kappa shape index (κ2) is 7.75. The number of carbonyl (C=O) groups excluding carboxylic acids is 1. The third-order valence-corrected chi connectivity index (χ3v) is 3.62. The average molecular weight is 348 g/mol. The van der Waals surface area contributed by atoms with Crippen LogP contribution >= 0.6 is 11.6 Å². The van der Waals surface area contributed by atoms with Crippen LogP contribution in [0.3, 0.4) is 0 Å². The highest BCUT2D eigenvalue weighted by atomic mass is 35.5. The maximum absolute atomic E-state index is 12.5. The van der Waals surface area contributed by atoms with Crippen LogP contribution in [0.1, 0.15) is 15.9 Å². The number of ether oxygens (including phenoxy) is 2. The Morgan fingerprint density at radius 1 is 1.29 bits per heavy atom. The van der Waals surface area contributed by atoms with Gasteiger partial charge in [0.2, 0.25) is 0 Å². The van der Waals surface area contributed by atoms with Crippen molar-refractivity contribution >= 4 is 23.2 Å². The third kappa shape index (κ3) is 3.81. The number of phenols is 1. The number of allylic oxidation sites excluding steroid dienone is 1. The summed E-state index contributed by atoms with van der Waals surface area (Å²) in [7, 11) is 3.04. The van der Waals surface area contributed by atoms with Crippen LogP contribution in [0.5, 0.6) is 17.2 Å². The number of methoxy groups -OCH3 is 2. The Hall–Kier alpha value is -2.66. The number of halogens is 1. The molecule has 0 aliphatic rings. The smallest absolute Gasteiger partial charge is 0.255 e. The van der Waals surface area contributed by atoms with Crippen molar-refractivity contribution in [3.8, 4) is 17.2 Å². The van der Waals surface area contributed by atoms with Crippen molar-refractivity contribution in [2.24, 2.45) is 0 Å². The van der Waals surface area contributed by atoms with E-state index in [1.807, 2.05) is 0 Å². The monoisotopic (exact) mass is 347 g/mol. The lowest BCUT2D eigenvalue weighted by Gasteiger charge is -2.14. The van der Waals surface area contributed by atoms with Gasteiger partial charge < -0.3 is 19.9 Å². The molecule has 0 aromatic heterocycles. The first kappa shape index (κ1) is 17.7. The second-order valence-electron chi connectivity index (χ2n) is 4.98. The molecule has 2 aromatic carbocycles. The molecule has 1 amide bonds. The van der Waals surface area contributed by atoms with Crippen molar-refractivity contribution in [1.82, 2.24) is 0 Å². The number of hydrogen-bond donors (Lipinski definition) is 2. The molecule has 2 rings (SSSR count). The molecule has 0 saturated carbocycles. The summed E-state index contributed by atoms with van der Waals surface area (Å²) in [5.74, 6) is 0.523. The van der Waals surface area contributed by atoms with E-state index in [0.717, 1.165) is 5.56 Å². The molecule has 0 atom stereocenters. The molecular formula is C18H18ClNO4. The Kier molecular flexibility index (Phi) is 5.71. The number of benzene rings is 2. The highest BCUT2D eigenvalue weighted by molar-refractivity contribution is 6.31. The quantitative estimate of drug-likeness (QED) is 0.611. The van der Waals surface area contributed by atoms with Gasteiger partial charge in [-0.3, -0.25) is 4.79 Å². The van der Waals surface area contributed by atoms with Crippen molar-refractivity contribution < 1.29 is 19.4 Å². The summed E-state index contributed by atoms with van der Waals surface area (Å²) in [5, 5.41) is 12.9. The Morgan fingerprint density at radius 2 is 2.04 bits per heavy atom. The fraction of sp³-hybridized carbons (Fsp3) is 0.167.